The fraction of sp³-hybridized carbons (Fsp3) is 0.625. The van der Waals surface area contributed by atoms with E-state index in [-0.39, 0.29) is 6.04 Å². The van der Waals surface area contributed by atoms with Crippen LogP contribution in [0.1, 0.15) is 30.7 Å². The van der Waals surface area contributed by atoms with Crippen LogP contribution in [0, 0.1) is 0 Å². The van der Waals surface area contributed by atoms with E-state index in [1.54, 1.807) is 4.31 Å². The Balaban J connectivity index is 1.56. The molecule has 1 aromatic rings. The summed E-state index contributed by atoms with van der Waals surface area (Å²) in [7, 11) is -1.31. The van der Waals surface area contributed by atoms with Gasteiger partial charge in [-0.25, -0.2) is 0 Å². The van der Waals surface area contributed by atoms with E-state index < -0.39 is 10.2 Å². The number of hydrogen-bond donors (Lipinski definition) is 1. The Morgan fingerprint density at radius 3 is 2.32 bits per heavy atom. The van der Waals surface area contributed by atoms with Crippen LogP contribution in [0.2, 0.25) is 0 Å². The Morgan fingerprint density at radius 1 is 1.05 bits per heavy atom. The fourth-order valence-electron chi connectivity index (χ4n) is 3.47. The van der Waals surface area contributed by atoms with Gasteiger partial charge in [-0.1, -0.05) is 30.3 Å². The highest BCUT2D eigenvalue weighted by molar-refractivity contribution is 7.87. The molecule has 1 N–H and O–H groups in total. The summed E-state index contributed by atoms with van der Waals surface area (Å²) in [6, 6.07) is 10.5. The molecule has 2 aliphatic rings. The molecule has 0 spiro atoms. The number of rotatable bonds is 4. The third kappa shape index (κ3) is 3.68. The lowest BCUT2D eigenvalue weighted by molar-refractivity contribution is 0.312. The van der Waals surface area contributed by atoms with Crippen LogP contribution in [0.15, 0.2) is 30.3 Å². The maximum Gasteiger partial charge on any atom is 0.279 e. The maximum atomic E-state index is 12.5. The summed E-state index contributed by atoms with van der Waals surface area (Å²) in [4.78, 5) is 2.16. The van der Waals surface area contributed by atoms with Gasteiger partial charge >= 0.3 is 0 Å². The molecule has 0 bridgehead atoms. The van der Waals surface area contributed by atoms with Crippen LogP contribution >= 0.6 is 0 Å². The molecule has 22 heavy (non-hydrogen) atoms. The van der Waals surface area contributed by atoms with E-state index in [1.807, 2.05) is 13.1 Å². The van der Waals surface area contributed by atoms with Gasteiger partial charge in [-0.15, -0.1) is 0 Å². The van der Waals surface area contributed by atoms with Crippen molar-refractivity contribution >= 4 is 10.2 Å². The van der Waals surface area contributed by atoms with Crippen molar-refractivity contribution in [3.8, 4) is 0 Å². The van der Waals surface area contributed by atoms with Crippen molar-refractivity contribution in [2.45, 2.75) is 31.2 Å². The van der Waals surface area contributed by atoms with Crippen molar-refractivity contribution in [3.05, 3.63) is 35.9 Å². The predicted molar refractivity (Wildman–Crippen MR) is 87.9 cm³/mol. The molecule has 0 aliphatic carbocycles. The number of piperidine rings is 1. The van der Waals surface area contributed by atoms with Crippen molar-refractivity contribution in [1.82, 2.24) is 13.9 Å². The number of likely N-dealkylation sites (N-methyl/N-ethyl adjacent to an activating group) is 1. The Morgan fingerprint density at radius 2 is 1.73 bits per heavy atom. The van der Waals surface area contributed by atoms with Crippen LogP contribution < -0.4 is 4.72 Å². The highest BCUT2D eigenvalue weighted by atomic mass is 32.2. The highest BCUT2D eigenvalue weighted by Crippen LogP contribution is 2.28. The standard InChI is InChI=1S/C16H25N3O2S/c1-18-10-9-16(13-18)17-22(20,21)19-11-7-15(8-12-19)14-5-3-2-4-6-14/h2-6,15-17H,7-13H2,1H3/t16-/m1/s1. The fourth-order valence-corrected chi connectivity index (χ4v) is 4.93. The lowest BCUT2D eigenvalue weighted by Gasteiger charge is -2.32. The first-order valence-electron chi connectivity index (χ1n) is 8.05. The highest BCUT2D eigenvalue weighted by Gasteiger charge is 2.31. The van der Waals surface area contributed by atoms with E-state index in [1.165, 1.54) is 5.56 Å². The number of likely N-dealkylation sites (tertiary alicyclic amines) is 1. The van der Waals surface area contributed by atoms with E-state index in [9.17, 15) is 8.42 Å². The summed E-state index contributed by atoms with van der Waals surface area (Å²) in [6.07, 6.45) is 2.70. The number of nitrogens with one attached hydrogen (secondary N) is 1. The summed E-state index contributed by atoms with van der Waals surface area (Å²) < 4.78 is 29.5. The van der Waals surface area contributed by atoms with Gasteiger partial charge in [-0.05, 0) is 44.3 Å². The monoisotopic (exact) mass is 323 g/mol. The molecule has 0 amide bonds. The van der Waals surface area contributed by atoms with Gasteiger partial charge < -0.3 is 4.90 Å². The van der Waals surface area contributed by atoms with E-state index in [4.69, 9.17) is 0 Å². The quantitative estimate of drug-likeness (QED) is 0.911. The van der Waals surface area contributed by atoms with Gasteiger partial charge in [0.15, 0.2) is 0 Å². The Labute approximate surface area is 133 Å². The van der Waals surface area contributed by atoms with Gasteiger partial charge in [0.1, 0.15) is 0 Å². The van der Waals surface area contributed by atoms with Gasteiger partial charge in [0, 0.05) is 25.7 Å². The first-order valence-corrected chi connectivity index (χ1v) is 9.49. The molecule has 0 saturated carbocycles. The smallest absolute Gasteiger partial charge is 0.279 e. The number of nitrogens with zero attached hydrogens (tertiary/aromatic N) is 2. The Bertz CT molecular complexity index is 583. The van der Waals surface area contributed by atoms with Crippen molar-refractivity contribution in [1.29, 1.82) is 0 Å². The van der Waals surface area contributed by atoms with Gasteiger partial charge in [0.25, 0.3) is 10.2 Å². The molecule has 3 rings (SSSR count). The van der Waals surface area contributed by atoms with Gasteiger partial charge in [-0.2, -0.15) is 17.4 Å². The topological polar surface area (TPSA) is 52.7 Å². The van der Waals surface area contributed by atoms with Crippen LogP contribution in [0.3, 0.4) is 0 Å². The average Bonchev–Trinajstić information content (AvgIpc) is 2.93. The van der Waals surface area contributed by atoms with Crippen LogP contribution in [-0.4, -0.2) is 56.9 Å². The van der Waals surface area contributed by atoms with Crippen LogP contribution in [0.25, 0.3) is 0 Å². The molecular weight excluding hydrogens is 298 g/mol. The molecule has 2 fully saturated rings. The van der Waals surface area contributed by atoms with E-state index in [0.29, 0.717) is 19.0 Å². The summed E-state index contributed by atoms with van der Waals surface area (Å²) in [5.41, 5.74) is 1.32. The van der Waals surface area contributed by atoms with E-state index in [0.717, 1.165) is 32.4 Å². The molecule has 2 saturated heterocycles. The predicted octanol–water partition coefficient (Wildman–Crippen LogP) is 1.40. The molecule has 2 aliphatic heterocycles. The lowest BCUT2D eigenvalue weighted by atomic mass is 9.90. The Hall–Kier alpha value is -0.950. The van der Waals surface area contributed by atoms with E-state index in [2.05, 4.69) is 33.9 Å². The zero-order valence-corrected chi connectivity index (χ0v) is 13.9. The third-order valence-corrected chi connectivity index (χ3v) is 6.45. The summed E-state index contributed by atoms with van der Waals surface area (Å²) in [5.74, 6) is 0.477. The normalized spacial score (nSPS) is 25.6. The minimum Gasteiger partial charge on any atom is -0.305 e. The first kappa shape index (κ1) is 15.9. The van der Waals surface area contributed by atoms with Crippen molar-refractivity contribution in [2.75, 3.05) is 33.2 Å². The maximum absolute atomic E-state index is 12.5. The van der Waals surface area contributed by atoms with Gasteiger partial charge in [0.2, 0.25) is 0 Å². The van der Waals surface area contributed by atoms with E-state index >= 15 is 0 Å². The second kappa shape index (κ2) is 6.66. The second-order valence-electron chi connectivity index (χ2n) is 6.45. The lowest BCUT2D eigenvalue weighted by Crippen LogP contribution is -2.48. The Kier molecular flexibility index (Phi) is 4.82. The zero-order valence-electron chi connectivity index (χ0n) is 13.1. The van der Waals surface area contributed by atoms with Crippen molar-refractivity contribution < 1.29 is 8.42 Å². The molecule has 6 heteroatoms. The molecule has 5 nitrogen and oxygen atoms in total. The molecule has 0 unspecified atom stereocenters. The third-order valence-electron chi connectivity index (χ3n) is 4.77. The molecule has 1 atom stereocenters. The largest absolute Gasteiger partial charge is 0.305 e. The molecule has 0 aromatic heterocycles. The van der Waals surface area contributed by atoms with Crippen molar-refractivity contribution in [3.63, 3.8) is 0 Å². The average molecular weight is 323 g/mol. The second-order valence-corrected chi connectivity index (χ2v) is 8.16. The van der Waals surface area contributed by atoms with Crippen LogP contribution in [0.5, 0.6) is 0 Å². The minimum atomic E-state index is -3.34. The summed E-state index contributed by atoms with van der Waals surface area (Å²) in [5, 5.41) is 0. The van der Waals surface area contributed by atoms with Crippen LogP contribution in [0.4, 0.5) is 0 Å². The summed E-state index contributed by atoms with van der Waals surface area (Å²) >= 11 is 0. The molecule has 122 valence electrons. The van der Waals surface area contributed by atoms with Crippen molar-refractivity contribution in [2.24, 2.45) is 0 Å². The molecule has 2 heterocycles. The van der Waals surface area contributed by atoms with Gasteiger partial charge in [-0.3, -0.25) is 0 Å². The number of benzene rings is 1. The minimum absolute atomic E-state index is 0.0573. The van der Waals surface area contributed by atoms with Gasteiger partial charge in [0.05, 0.1) is 0 Å². The molecule has 0 radical (unpaired) electrons. The summed E-state index contributed by atoms with van der Waals surface area (Å²) in [6.45, 7) is 2.98. The molecule has 1 aromatic carbocycles. The first-order chi connectivity index (χ1) is 10.5. The number of hydrogen-bond acceptors (Lipinski definition) is 3. The SMILES string of the molecule is CN1CC[C@@H](NS(=O)(=O)N2CCC(c3ccccc3)CC2)C1. The van der Waals surface area contributed by atoms with Crippen LogP contribution in [-0.2, 0) is 10.2 Å². The molecular formula is C16H25N3O2S. The zero-order chi connectivity index (χ0) is 15.6.